The molecule has 0 aromatic rings. The molecule has 5 heteroatoms. The minimum atomic E-state index is -0.546. The summed E-state index contributed by atoms with van der Waals surface area (Å²) in [6, 6.07) is 0. The zero-order chi connectivity index (χ0) is 5.70. The first-order valence-corrected chi connectivity index (χ1v) is 5.20. The van der Waals surface area contributed by atoms with Crippen molar-refractivity contribution >= 4 is 35.6 Å². The van der Waals surface area contributed by atoms with Crippen LogP contribution >= 0.6 is 0 Å². The van der Waals surface area contributed by atoms with Crippen molar-refractivity contribution in [1.29, 1.82) is 0 Å². The molecule has 0 spiro atoms. The Morgan fingerprint density at radius 1 is 2.00 bits per heavy atom. The second kappa shape index (κ2) is 4.83. The summed E-state index contributed by atoms with van der Waals surface area (Å²) in [5.41, 5.74) is 0. The maximum atomic E-state index is 5.25. The molecule has 0 atom stereocenters. The van der Waals surface area contributed by atoms with E-state index >= 15 is 0 Å². The van der Waals surface area contributed by atoms with Crippen LogP contribution in [0.4, 0.5) is 0 Å². The molecular weight excluding hydrogens is 147 g/mol. The van der Waals surface area contributed by atoms with Crippen LogP contribution in [0.5, 0.6) is 0 Å². The molecule has 0 aliphatic heterocycles. The van der Waals surface area contributed by atoms with Crippen LogP contribution in [0, 0.1) is 0 Å². The summed E-state index contributed by atoms with van der Waals surface area (Å²) < 4.78 is 4.86. The summed E-state index contributed by atoms with van der Waals surface area (Å²) in [4.78, 5) is 0. The Hall–Kier alpha value is 0.685. The van der Waals surface area contributed by atoms with Crippen LogP contribution in [-0.4, -0.2) is 13.1 Å². The monoisotopic (exact) mass is 152 g/mol. The third-order valence-corrected chi connectivity index (χ3v) is 2.80. The van der Waals surface area contributed by atoms with Gasteiger partial charge in [0.25, 0.3) is 0 Å². The first-order valence-electron chi connectivity index (χ1n) is 1.73. The van der Waals surface area contributed by atoms with Crippen LogP contribution in [0.25, 0.3) is 0 Å². The van der Waals surface area contributed by atoms with Crippen LogP contribution in [0.15, 0.2) is 0 Å². The van der Waals surface area contributed by atoms with Crippen LogP contribution in [-0.2, 0) is 33.2 Å². The second-order valence-electron chi connectivity index (χ2n) is 0.735. The molecule has 0 aliphatic rings. The fourth-order valence-electron chi connectivity index (χ4n) is 0.136. The van der Waals surface area contributed by atoms with Gasteiger partial charge in [-0.25, -0.2) is 0 Å². The zero-order valence-electron chi connectivity index (χ0n) is 3.92. The molecule has 0 unspecified atom stereocenters. The maximum absolute atomic E-state index is 5.25. The first-order chi connectivity index (χ1) is 3.31. The molecule has 40 valence electrons. The van der Waals surface area contributed by atoms with Crippen LogP contribution in [0.3, 0.4) is 0 Å². The summed E-state index contributed by atoms with van der Waals surface area (Å²) in [6.07, 6.45) is 0. The van der Waals surface area contributed by atoms with Gasteiger partial charge in [-0.05, 0) is 0 Å². The topological polar surface area (TPSA) is 9.23 Å². The van der Waals surface area contributed by atoms with Crippen molar-refractivity contribution in [3.8, 4) is 0 Å². The average Bonchev–Trinajstić information content (AvgIpc) is 1.68. The molecule has 0 aromatic carbocycles. The van der Waals surface area contributed by atoms with E-state index < -0.39 is 8.97 Å². The fourth-order valence-corrected chi connectivity index (χ4v) is 1.17. The molecule has 1 nitrogen and oxygen atoms in total. The summed E-state index contributed by atoms with van der Waals surface area (Å²) in [7, 11) is 0.570. The van der Waals surface area contributed by atoms with Gasteiger partial charge in [0.15, 0.2) is 0 Å². The minimum absolute atomic E-state index is 0.546. The fraction of sp³-hybridized carbons (Fsp3) is 1.00. The van der Waals surface area contributed by atoms with E-state index in [9.17, 15) is 0 Å². The molecule has 0 aliphatic carbocycles. The second-order valence-corrected chi connectivity index (χ2v) is 4.25. The van der Waals surface area contributed by atoms with Crippen molar-refractivity contribution in [3.63, 3.8) is 0 Å². The molecule has 0 saturated carbocycles. The Labute approximate surface area is 53.5 Å². The molecule has 0 saturated heterocycles. The van der Waals surface area contributed by atoms with Gasteiger partial charge in [0, 0.05) is 0 Å². The number of hydrogen-bond acceptors (Lipinski definition) is 2. The Morgan fingerprint density at radius 3 is 2.71 bits per heavy atom. The zero-order valence-corrected chi connectivity index (χ0v) is 6.37. The van der Waals surface area contributed by atoms with Crippen molar-refractivity contribution in [2.75, 3.05) is 6.61 Å². The molecule has 0 N–H and O–H groups in total. The quantitative estimate of drug-likeness (QED) is 0.493. The van der Waals surface area contributed by atoms with E-state index in [1.54, 1.807) is 0 Å². The predicted molar refractivity (Wildman–Crippen MR) is 39.5 cm³/mol. The van der Waals surface area contributed by atoms with Gasteiger partial charge in [0.05, 0.1) is 0 Å². The van der Waals surface area contributed by atoms with E-state index in [-0.39, 0.29) is 0 Å². The molecule has 7 heavy (non-hydrogen) atoms. The number of hydrogen-bond donors (Lipinski definition) is 0. The van der Waals surface area contributed by atoms with Gasteiger partial charge < -0.3 is 0 Å². The Balaban J connectivity index is 3.70. The molecular formula is C2H5BOS3. The average molecular weight is 152 g/mol. The van der Waals surface area contributed by atoms with Gasteiger partial charge in [-0.3, -0.25) is 0 Å². The Kier molecular flexibility index (Phi) is 5.31. The Bertz CT molecular complexity index is 174. The predicted octanol–water partition coefficient (Wildman–Crippen LogP) is 0.0992. The van der Waals surface area contributed by atoms with Crippen molar-refractivity contribution < 1.29 is 4.18 Å². The van der Waals surface area contributed by atoms with Crippen LogP contribution in [0.2, 0.25) is 0 Å². The first kappa shape index (κ1) is 7.68. The molecule has 0 radical (unpaired) electrons. The van der Waals surface area contributed by atoms with Crippen LogP contribution in [0.1, 0.15) is 6.92 Å². The van der Waals surface area contributed by atoms with E-state index in [2.05, 4.69) is 11.2 Å². The summed E-state index contributed by atoms with van der Waals surface area (Å²) in [6.45, 7) is 7.78. The molecule has 0 heterocycles. The molecule has 0 fully saturated rings. The molecule has 0 aromatic heterocycles. The van der Waals surface area contributed by atoms with E-state index in [1.165, 1.54) is 0 Å². The van der Waals surface area contributed by atoms with Gasteiger partial charge in [0.2, 0.25) is 0 Å². The standard InChI is InChI=1S/C2H5BOS3/c1-2-4-7(3)6-5/h2H2,1H3. The van der Waals surface area contributed by atoms with E-state index in [0.717, 1.165) is 8.88 Å². The number of rotatable bonds is 1. The molecule has 0 bridgehead atoms. The normalized spacial score (nSPS) is 8.43. The van der Waals surface area contributed by atoms with Gasteiger partial charge >= 0.3 is 53.3 Å². The summed E-state index contributed by atoms with van der Waals surface area (Å²) >= 11 is 4.52. The summed E-state index contributed by atoms with van der Waals surface area (Å²) in [5.74, 6) is 0. The van der Waals surface area contributed by atoms with Gasteiger partial charge in [-0.2, -0.15) is 0 Å². The van der Waals surface area contributed by atoms with Crippen molar-refractivity contribution in [2.45, 2.75) is 6.92 Å². The summed E-state index contributed by atoms with van der Waals surface area (Å²) in [5, 5.41) is 0. The third kappa shape index (κ3) is 4.54. The van der Waals surface area contributed by atoms with Crippen molar-refractivity contribution in [2.24, 2.45) is 0 Å². The van der Waals surface area contributed by atoms with Crippen molar-refractivity contribution in [1.82, 2.24) is 0 Å². The van der Waals surface area contributed by atoms with E-state index in [1.807, 2.05) is 6.92 Å². The van der Waals surface area contributed by atoms with Crippen molar-refractivity contribution in [3.05, 3.63) is 0 Å². The Morgan fingerprint density at radius 2 is 2.57 bits per heavy atom. The third-order valence-electron chi connectivity index (χ3n) is 0.301. The van der Waals surface area contributed by atoms with Gasteiger partial charge in [-0.1, -0.05) is 0 Å². The van der Waals surface area contributed by atoms with Gasteiger partial charge in [-0.15, -0.1) is 0 Å². The SMILES string of the molecule is B#S(OCC)=S=S. The van der Waals surface area contributed by atoms with Crippen LogP contribution < -0.4 is 0 Å². The molecule has 0 amide bonds. The van der Waals surface area contributed by atoms with Gasteiger partial charge in [0.1, 0.15) is 0 Å². The van der Waals surface area contributed by atoms with E-state index in [4.69, 9.17) is 10.7 Å². The molecule has 0 rings (SSSR count). The van der Waals surface area contributed by atoms with E-state index in [0.29, 0.717) is 6.61 Å².